The summed E-state index contributed by atoms with van der Waals surface area (Å²) in [6.45, 7) is 9.49. The highest BCUT2D eigenvalue weighted by Crippen LogP contribution is 2.70. The molecule has 8 aliphatic rings. The maximum absolute atomic E-state index is 12.6. The van der Waals surface area contributed by atoms with Crippen LogP contribution in [0.15, 0.2) is 11.6 Å². The van der Waals surface area contributed by atoms with Crippen LogP contribution in [0, 0.1) is 34.5 Å². The van der Waals surface area contributed by atoms with Gasteiger partial charge in [-0.05, 0) is 99.9 Å². The van der Waals surface area contributed by atoms with Crippen LogP contribution >= 0.6 is 0 Å². The van der Waals surface area contributed by atoms with Gasteiger partial charge in [0.15, 0.2) is 18.9 Å². The van der Waals surface area contributed by atoms with Crippen LogP contribution in [0.4, 0.5) is 0 Å². The van der Waals surface area contributed by atoms with Crippen molar-refractivity contribution in [2.45, 2.75) is 197 Å². The Morgan fingerprint density at radius 1 is 0.845 bits per heavy atom. The Labute approximate surface area is 341 Å². The number of hydrogen-bond donors (Lipinski definition) is 5. The molecule has 328 valence electrons. The largest absolute Gasteiger partial charge is 0.459 e. The molecule has 0 spiro atoms. The summed E-state index contributed by atoms with van der Waals surface area (Å²) in [6.07, 6.45) is 0.332. The summed E-state index contributed by atoms with van der Waals surface area (Å²) in [5, 5.41) is 56.8. The first kappa shape index (κ1) is 42.9. The highest BCUT2D eigenvalue weighted by Gasteiger charge is 2.71. The first-order valence-corrected chi connectivity index (χ1v) is 21.9. The van der Waals surface area contributed by atoms with Gasteiger partial charge >= 0.3 is 11.9 Å². The van der Waals surface area contributed by atoms with Crippen molar-refractivity contribution < 1.29 is 73.0 Å². The molecule has 0 aromatic heterocycles. The van der Waals surface area contributed by atoms with Crippen LogP contribution in [0.1, 0.15) is 112 Å². The van der Waals surface area contributed by atoms with Gasteiger partial charge in [-0.2, -0.15) is 0 Å². The molecule has 0 aromatic carbocycles. The van der Waals surface area contributed by atoms with Gasteiger partial charge in [0.05, 0.1) is 54.9 Å². The van der Waals surface area contributed by atoms with Crippen LogP contribution < -0.4 is 0 Å². The topological polar surface area (TPSA) is 209 Å². The second-order valence-electron chi connectivity index (χ2n) is 19.4. The molecular formula is C43H66O15. The van der Waals surface area contributed by atoms with Crippen LogP contribution in [-0.2, 0) is 47.5 Å². The molecule has 0 unspecified atom stereocenters. The number of aliphatic hydroxyl groups excluding tert-OH is 4. The summed E-state index contributed by atoms with van der Waals surface area (Å²) in [5.41, 5.74) is -0.908. The number of esters is 2. The third-order valence-electron chi connectivity index (χ3n) is 16.1. The van der Waals surface area contributed by atoms with Gasteiger partial charge in [-0.1, -0.05) is 13.8 Å². The number of cyclic esters (lactones) is 1. The lowest BCUT2D eigenvalue weighted by Crippen LogP contribution is -2.67. The fourth-order valence-electron chi connectivity index (χ4n) is 13.0. The van der Waals surface area contributed by atoms with Gasteiger partial charge < -0.3 is 63.4 Å². The lowest BCUT2D eigenvalue weighted by Gasteiger charge is -2.65. The Morgan fingerprint density at radius 2 is 1.60 bits per heavy atom. The zero-order valence-corrected chi connectivity index (χ0v) is 34.6. The molecule has 0 amide bonds. The van der Waals surface area contributed by atoms with E-state index in [-0.39, 0.29) is 61.3 Å². The highest BCUT2D eigenvalue weighted by atomic mass is 16.7. The van der Waals surface area contributed by atoms with Gasteiger partial charge in [0.25, 0.3) is 0 Å². The van der Waals surface area contributed by atoms with Crippen LogP contribution in [0.3, 0.4) is 0 Å². The van der Waals surface area contributed by atoms with E-state index in [4.69, 9.17) is 37.9 Å². The molecule has 15 heteroatoms. The molecule has 5 N–H and O–H groups in total. The van der Waals surface area contributed by atoms with Crippen LogP contribution in [-0.4, -0.2) is 136 Å². The van der Waals surface area contributed by atoms with Crippen LogP contribution in [0.5, 0.6) is 0 Å². The van der Waals surface area contributed by atoms with Gasteiger partial charge in [0.2, 0.25) is 0 Å². The van der Waals surface area contributed by atoms with Gasteiger partial charge in [-0.3, -0.25) is 4.79 Å². The van der Waals surface area contributed by atoms with E-state index in [9.17, 15) is 35.1 Å². The van der Waals surface area contributed by atoms with E-state index in [0.717, 1.165) is 44.1 Å². The first-order chi connectivity index (χ1) is 27.5. The van der Waals surface area contributed by atoms with E-state index < -0.39 is 90.8 Å². The average molecular weight is 823 g/mol. The third kappa shape index (κ3) is 7.82. The molecule has 0 aromatic rings. The van der Waals surface area contributed by atoms with Crippen LogP contribution in [0.25, 0.3) is 0 Å². The van der Waals surface area contributed by atoms with Gasteiger partial charge in [0.1, 0.15) is 24.9 Å². The molecule has 58 heavy (non-hydrogen) atoms. The molecule has 8 rings (SSSR count). The standard InChI is InChI=1S/C43H66O15/c1-21-39(49)33(55-23(3)44)18-38(53-21)58-40-22(2)54-36(17-32(40)46)52-20-28-14-26(45)15-37(57-28)56-27-8-10-41(4)25(13-27)6-7-30-31(41)16-34(47)42(5)29(9-11-43(30,42)50)24-12-35(48)51-19-24/h12,21-22,25-34,36-40,45-47,49-50H,6-11,13-20H2,1-5H3/t21-,22-,25+,26+,27+,28+,29+,30+,31-,32-,33+,34-,36+,37+,38-,39-,40+,41+,42+,43+/m1/s1. The van der Waals surface area contributed by atoms with E-state index in [0.29, 0.717) is 31.6 Å². The normalized spacial score (nSPS) is 51.9. The van der Waals surface area contributed by atoms with E-state index in [2.05, 4.69) is 6.92 Å². The zero-order valence-electron chi connectivity index (χ0n) is 34.6. The van der Waals surface area contributed by atoms with Crippen molar-refractivity contribution in [3.63, 3.8) is 0 Å². The number of ether oxygens (including phenoxy) is 8. The summed E-state index contributed by atoms with van der Waals surface area (Å²) in [5.74, 6) is -0.325. The fraction of sp³-hybridized carbons (Fsp3) is 0.907. The molecule has 3 saturated heterocycles. The third-order valence-corrected chi connectivity index (χ3v) is 16.1. The monoisotopic (exact) mass is 822 g/mol. The number of fused-ring (bicyclic) bond motifs is 5. The first-order valence-electron chi connectivity index (χ1n) is 21.9. The number of carbonyl (C=O) groups is 2. The molecule has 7 fully saturated rings. The zero-order chi connectivity index (χ0) is 41.3. The molecule has 0 radical (unpaired) electrons. The maximum Gasteiger partial charge on any atom is 0.331 e. The van der Waals surface area contributed by atoms with E-state index in [1.54, 1.807) is 19.9 Å². The number of rotatable bonds is 9. The van der Waals surface area contributed by atoms with Crippen molar-refractivity contribution in [2.75, 3.05) is 13.2 Å². The number of hydrogen-bond acceptors (Lipinski definition) is 15. The molecule has 0 bridgehead atoms. The lowest BCUT2D eigenvalue weighted by atomic mass is 9.42. The number of aliphatic hydroxyl groups is 5. The van der Waals surface area contributed by atoms with E-state index >= 15 is 0 Å². The maximum atomic E-state index is 12.6. The van der Waals surface area contributed by atoms with Gasteiger partial charge in [-0.25, -0.2) is 4.79 Å². The molecule has 20 atom stereocenters. The Balaban J connectivity index is 0.821. The van der Waals surface area contributed by atoms with Crippen LogP contribution in [0.2, 0.25) is 0 Å². The summed E-state index contributed by atoms with van der Waals surface area (Å²) >= 11 is 0. The molecule has 4 heterocycles. The summed E-state index contributed by atoms with van der Waals surface area (Å²) in [6, 6.07) is 0. The molecule has 4 aliphatic carbocycles. The second kappa shape index (κ2) is 16.5. The van der Waals surface area contributed by atoms with E-state index in [1.165, 1.54) is 6.92 Å². The highest BCUT2D eigenvalue weighted by molar-refractivity contribution is 5.85. The molecule has 15 nitrogen and oxygen atoms in total. The molecular weight excluding hydrogens is 756 g/mol. The van der Waals surface area contributed by atoms with Gasteiger partial charge in [-0.15, -0.1) is 0 Å². The van der Waals surface area contributed by atoms with Crippen molar-refractivity contribution in [3.05, 3.63) is 11.6 Å². The van der Waals surface area contributed by atoms with Gasteiger partial charge in [0, 0.05) is 44.1 Å². The number of carbonyl (C=O) groups excluding carboxylic acids is 2. The SMILES string of the molecule is CC(=O)O[C@H]1C[C@@H](O[C@@H]2[C@H](O)C[C@@H](OC[C@@H]3C[C@H](O)C[C@@H](O[C@H]4CC[C@@]5(C)[C@@H](CC[C@H]6[C@H]5C[C@@H](O)[C@]5(C)[C@H](C7=CC(=O)OC7)CC[C@]65O)C4)O3)O[C@@H]2C)O[C@H](C)[C@H]1O. The Hall–Kier alpha value is -1.76. The van der Waals surface area contributed by atoms with Crippen molar-refractivity contribution in [1.82, 2.24) is 0 Å². The quantitative estimate of drug-likeness (QED) is 0.167. The molecule has 4 saturated carbocycles. The summed E-state index contributed by atoms with van der Waals surface area (Å²) in [4.78, 5) is 23.5. The van der Waals surface area contributed by atoms with Crippen molar-refractivity contribution in [2.24, 2.45) is 34.5 Å². The predicted octanol–water partition coefficient (Wildman–Crippen LogP) is 2.79. The fourth-order valence-corrected chi connectivity index (χ4v) is 13.0. The molecule has 4 aliphatic heterocycles. The van der Waals surface area contributed by atoms with Crippen molar-refractivity contribution in [3.8, 4) is 0 Å². The second-order valence-corrected chi connectivity index (χ2v) is 19.4. The Kier molecular flexibility index (Phi) is 12.2. The minimum Gasteiger partial charge on any atom is -0.459 e. The predicted molar refractivity (Wildman–Crippen MR) is 202 cm³/mol. The van der Waals surface area contributed by atoms with Crippen molar-refractivity contribution in [1.29, 1.82) is 0 Å². The lowest BCUT2D eigenvalue weighted by molar-refractivity contribution is -0.317. The summed E-state index contributed by atoms with van der Waals surface area (Å²) < 4.78 is 47.5. The van der Waals surface area contributed by atoms with E-state index in [1.807, 2.05) is 6.92 Å². The Morgan fingerprint density at radius 3 is 2.33 bits per heavy atom. The average Bonchev–Trinajstić information content (AvgIpc) is 3.71. The summed E-state index contributed by atoms with van der Waals surface area (Å²) in [7, 11) is 0. The smallest absolute Gasteiger partial charge is 0.331 e. The minimum atomic E-state index is -1.02. The Bertz CT molecular complexity index is 1530. The minimum absolute atomic E-state index is 0.0469. The van der Waals surface area contributed by atoms with Crippen molar-refractivity contribution >= 4 is 11.9 Å².